The van der Waals surface area contributed by atoms with Crippen LogP contribution >= 0.6 is 0 Å². The fourth-order valence-electron chi connectivity index (χ4n) is 12.2. The summed E-state index contributed by atoms with van der Waals surface area (Å²) in [6.45, 7) is 16.3. The lowest BCUT2D eigenvalue weighted by Crippen LogP contribution is -2.22. The molecule has 1 aliphatic carbocycles. The molecule has 1 aliphatic rings. The highest BCUT2D eigenvalue weighted by Crippen LogP contribution is 2.54. The van der Waals surface area contributed by atoms with Gasteiger partial charge in [0.05, 0.1) is 5.69 Å². The third kappa shape index (κ3) is 7.86. The maximum Gasteiger partial charge on any atom is 0.136 e. The van der Waals surface area contributed by atoms with Gasteiger partial charge in [-0.15, -0.1) is 0 Å². The summed E-state index contributed by atoms with van der Waals surface area (Å²) in [5.74, 6) is 0. The molecule has 0 fully saturated rings. The van der Waals surface area contributed by atoms with E-state index in [1.165, 1.54) is 77.5 Å². The fourth-order valence-corrected chi connectivity index (χ4v) is 12.2. The van der Waals surface area contributed by atoms with E-state index in [0.29, 0.717) is 0 Å². The molecule has 13 rings (SSSR count). The molecule has 11 aromatic carbocycles. The summed E-state index contributed by atoms with van der Waals surface area (Å²) in [6, 6.07) is 89.9. The molecule has 1 heterocycles. The van der Waals surface area contributed by atoms with Gasteiger partial charge < -0.3 is 9.32 Å². The Morgan fingerprint density at radius 2 is 0.934 bits per heavy atom. The Balaban J connectivity index is 0.993. The molecule has 0 amide bonds. The number of para-hydroxylation sites is 2. The first-order chi connectivity index (χ1) is 36.8. The molecule has 0 radical (unpaired) electrons. The van der Waals surface area contributed by atoms with Crippen molar-refractivity contribution in [2.45, 2.75) is 64.7 Å². The topological polar surface area (TPSA) is 16.4 Å². The summed E-state index contributed by atoms with van der Waals surface area (Å²) in [5, 5.41) is 4.70. The van der Waals surface area contributed by atoms with Crippen molar-refractivity contribution in [1.82, 2.24) is 0 Å². The molecule has 76 heavy (non-hydrogen) atoms. The quantitative estimate of drug-likeness (QED) is 0.151. The van der Waals surface area contributed by atoms with Crippen LogP contribution in [0.15, 0.2) is 247 Å². The van der Waals surface area contributed by atoms with Crippen molar-refractivity contribution in [2.24, 2.45) is 0 Å². The monoisotopic (exact) mass is 979 g/mol. The average molecular weight is 980 g/mol. The Hall–Kier alpha value is -8.72. The highest BCUT2D eigenvalue weighted by Gasteiger charge is 2.40. The first-order valence-electron chi connectivity index (χ1n) is 26.8. The van der Waals surface area contributed by atoms with Crippen molar-refractivity contribution in [3.8, 4) is 55.6 Å². The number of hydrogen-bond acceptors (Lipinski definition) is 2. The first-order valence-corrected chi connectivity index (χ1v) is 26.8. The van der Waals surface area contributed by atoms with E-state index in [-0.39, 0.29) is 16.2 Å². The molecule has 12 aromatic rings. The van der Waals surface area contributed by atoms with Gasteiger partial charge in [0.1, 0.15) is 11.2 Å². The largest absolute Gasteiger partial charge is 0.456 e. The van der Waals surface area contributed by atoms with Gasteiger partial charge in [0.2, 0.25) is 0 Å². The lowest BCUT2D eigenvalue weighted by atomic mass is 9.74. The smallest absolute Gasteiger partial charge is 0.136 e. The van der Waals surface area contributed by atoms with E-state index in [0.717, 1.165) is 55.7 Å². The first kappa shape index (κ1) is 47.0. The second-order valence-corrected chi connectivity index (χ2v) is 23.0. The lowest BCUT2D eigenvalue weighted by molar-refractivity contribution is 0.569. The Kier molecular flexibility index (Phi) is 11.1. The van der Waals surface area contributed by atoms with Crippen LogP contribution in [0.2, 0.25) is 0 Å². The number of rotatable bonds is 8. The number of furan rings is 1. The molecular formula is C74H61NO. The zero-order valence-electron chi connectivity index (χ0n) is 44.4. The van der Waals surface area contributed by atoms with E-state index in [4.69, 9.17) is 4.42 Å². The van der Waals surface area contributed by atoms with E-state index >= 15 is 0 Å². The van der Waals surface area contributed by atoms with Gasteiger partial charge in [-0.1, -0.05) is 236 Å². The second kappa shape index (κ2) is 18.0. The molecule has 0 spiro atoms. The van der Waals surface area contributed by atoms with Crippen LogP contribution in [0.5, 0.6) is 0 Å². The maximum atomic E-state index is 6.43. The minimum absolute atomic E-state index is 0.0218. The van der Waals surface area contributed by atoms with E-state index in [9.17, 15) is 0 Å². The Morgan fingerprint density at radius 1 is 0.355 bits per heavy atom. The Morgan fingerprint density at radius 3 is 1.68 bits per heavy atom. The molecule has 0 bridgehead atoms. The number of nitrogens with zero attached hydrogens (tertiary/aromatic N) is 1. The van der Waals surface area contributed by atoms with Gasteiger partial charge in [-0.25, -0.2) is 0 Å². The van der Waals surface area contributed by atoms with E-state index < -0.39 is 0 Å². The Labute approximate surface area is 447 Å². The van der Waals surface area contributed by atoms with Gasteiger partial charge in [-0.3, -0.25) is 0 Å². The molecule has 1 aromatic heterocycles. The van der Waals surface area contributed by atoms with E-state index in [1.54, 1.807) is 0 Å². The fraction of sp³-hybridized carbons (Fsp3) is 0.135. The van der Waals surface area contributed by atoms with Gasteiger partial charge in [0, 0.05) is 33.1 Å². The van der Waals surface area contributed by atoms with Gasteiger partial charge in [-0.2, -0.15) is 0 Å². The van der Waals surface area contributed by atoms with Crippen LogP contribution in [0.25, 0.3) is 88.3 Å². The number of fused-ring (bicyclic) bond motifs is 7. The van der Waals surface area contributed by atoms with Crippen LogP contribution in [0.3, 0.4) is 0 Å². The molecule has 368 valence electrons. The normalized spacial score (nSPS) is 14.3. The van der Waals surface area contributed by atoms with Crippen molar-refractivity contribution in [3.05, 3.63) is 270 Å². The molecule has 0 N–H and O–H groups in total. The maximum absolute atomic E-state index is 6.43. The lowest BCUT2D eigenvalue weighted by Gasteiger charge is -2.29. The number of benzene rings is 11. The van der Waals surface area contributed by atoms with Crippen molar-refractivity contribution < 1.29 is 4.42 Å². The van der Waals surface area contributed by atoms with E-state index in [1.807, 2.05) is 6.07 Å². The summed E-state index contributed by atoms with van der Waals surface area (Å²) in [6.07, 6.45) is 0. The van der Waals surface area contributed by atoms with Crippen molar-refractivity contribution in [1.29, 1.82) is 0 Å². The van der Waals surface area contributed by atoms with Gasteiger partial charge in [-0.05, 0) is 155 Å². The number of anilines is 3. The third-order valence-corrected chi connectivity index (χ3v) is 16.3. The summed E-state index contributed by atoms with van der Waals surface area (Å²) in [5.41, 5.74) is 23.4. The highest BCUT2D eigenvalue weighted by atomic mass is 16.3. The molecular weight excluding hydrogens is 919 g/mol. The molecule has 0 saturated heterocycles. The molecule has 0 aliphatic heterocycles. The van der Waals surface area contributed by atoms with Gasteiger partial charge >= 0.3 is 0 Å². The number of hydrogen-bond donors (Lipinski definition) is 0. The second-order valence-electron chi connectivity index (χ2n) is 23.0. The predicted octanol–water partition coefficient (Wildman–Crippen LogP) is 20.8. The summed E-state index contributed by atoms with van der Waals surface area (Å²) in [4.78, 5) is 2.46. The molecule has 0 saturated carbocycles. The van der Waals surface area contributed by atoms with Gasteiger partial charge in [0.15, 0.2) is 0 Å². The van der Waals surface area contributed by atoms with Crippen molar-refractivity contribution in [3.63, 3.8) is 0 Å². The zero-order chi connectivity index (χ0) is 51.9. The van der Waals surface area contributed by atoms with Crippen LogP contribution in [0, 0.1) is 0 Å². The molecule has 2 heteroatoms. The summed E-state index contributed by atoms with van der Waals surface area (Å²) < 4.78 is 6.43. The van der Waals surface area contributed by atoms with Crippen LogP contribution < -0.4 is 4.90 Å². The average Bonchev–Trinajstić information content (AvgIpc) is 3.99. The Bertz CT molecular complexity index is 4160. The minimum Gasteiger partial charge on any atom is -0.456 e. The molecule has 2 nitrogen and oxygen atoms in total. The van der Waals surface area contributed by atoms with Crippen LogP contribution in [-0.2, 0) is 16.2 Å². The van der Waals surface area contributed by atoms with Crippen LogP contribution in [0.1, 0.15) is 76.3 Å². The standard InChI is InChI=1S/C74H61NO/c1-72(2,3)54-43-52(44-55(47-54)73(4,5)6)59-30-18-21-49-22-19-32-63(70(49)59)62-28-12-15-34-67(62)75(57-26-17-23-51(45-57)58-31-20-36-69-71(58)64-29-13-16-35-68(64)76-69)56-40-37-48(38-41-56)50-39-42-61-60-27-11-14-33-65(60)74(7,66(61)46-50)53-24-9-8-10-25-53/h8-47H,1-7H3. The molecule has 1 atom stereocenters. The molecule has 1 unspecified atom stereocenters. The van der Waals surface area contributed by atoms with Gasteiger partial charge in [0.25, 0.3) is 0 Å². The van der Waals surface area contributed by atoms with Crippen molar-refractivity contribution in [2.75, 3.05) is 4.90 Å². The SMILES string of the molecule is CC(C)(C)c1cc(-c2cccc3cccc(-c4ccccc4N(c4ccc(-c5ccc6c(c5)C(C)(c5ccccc5)c5ccccc5-6)cc4)c4cccc(-c5cccc6oc7ccccc7c56)c4)c23)cc(C(C)(C)C)c1. The highest BCUT2D eigenvalue weighted by molar-refractivity contribution is 6.13. The minimum atomic E-state index is -0.284. The third-order valence-electron chi connectivity index (χ3n) is 16.3. The van der Waals surface area contributed by atoms with Crippen molar-refractivity contribution >= 4 is 49.8 Å². The van der Waals surface area contributed by atoms with E-state index in [2.05, 4.69) is 290 Å². The predicted molar refractivity (Wildman–Crippen MR) is 322 cm³/mol. The van der Waals surface area contributed by atoms with Crippen LogP contribution in [-0.4, -0.2) is 0 Å². The summed E-state index contributed by atoms with van der Waals surface area (Å²) >= 11 is 0. The summed E-state index contributed by atoms with van der Waals surface area (Å²) in [7, 11) is 0. The van der Waals surface area contributed by atoms with Crippen LogP contribution in [0.4, 0.5) is 17.1 Å². The zero-order valence-corrected chi connectivity index (χ0v) is 44.4.